The Morgan fingerprint density at radius 3 is 2.50 bits per heavy atom. The minimum Gasteiger partial charge on any atom is -0.236 e. The van der Waals surface area contributed by atoms with Gasteiger partial charge < -0.3 is 0 Å². The van der Waals surface area contributed by atoms with Crippen molar-refractivity contribution in [1.82, 2.24) is 4.98 Å². The SMILES string of the molecule is N#Cc1ccc(Cc2c(Cl)nc3ccc(Br)cc3c2Cl)cc1. The number of fused-ring (bicyclic) bond motifs is 1. The maximum Gasteiger partial charge on any atom is 0.134 e. The highest BCUT2D eigenvalue weighted by atomic mass is 79.9. The normalized spacial score (nSPS) is 10.6. The molecule has 0 amide bonds. The molecule has 1 heterocycles. The van der Waals surface area contributed by atoms with Gasteiger partial charge in [0.1, 0.15) is 5.15 Å². The number of nitrogens with zero attached hydrogens (tertiary/aromatic N) is 2. The second kappa shape index (κ2) is 6.26. The third-order valence-electron chi connectivity index (χ3n) is 3.39. The lowest BCUT2D eigenvalue weighted by Gasteiger charge is -2.10. The molecule has 5 heteroatoms. The lowest BCUT2D eigenvalue weighted by Crippen LogP contribution is -1.95. The first-order chi connectivity index (χ1) is 10.6. The average Bonchev–Trinajstić information content (AvgIpc) is 2.53. The van der Waals surface area contributed by atoms with Crippen LogP contribution in [0.1, 0.15) is 16.7 Å². The predicted octanol–water partition coefficient (Wildman–Crippen LogP) is 5.77. The topological polar surface area (TPSA) is 36.7 Å². The van der Waals surface area contributed by atoms with Gasteiger partial charge in [-0.2, -0.15) is 5.26 Å². The van der Waals surface area contributed by atoms with Crippen molar-refractivity contribution >= 4 is 50.0 Å². The fourth-order valence-corrected chi connectivity index (χ4v) is 3.23. The van der Waals surface area contributed by atoms with Gasteiger partial charge in [-0.25, -0.2) is 4.98 Å². The van der Waals surface area contributed by atoms with Crippen LogP contribution in [0.5, 0.6) is 0 Å². The van der Waals surface area contributed by atoms with E-state index in [9.17, 15) is 0 Å². The van der Waals surface area contributed by atoms with Crippen molar-refractivity contribution in [3.8, 4) is 6.07 Å². The molecular formula is C17H9BrCl2N2. The molecular weight excluding hydrogens is 383 g/mol. The highest BCUT2D eigenvalue weighted by molar-refractivity contribution is 9.10. The third kappa shape index (κ3) is 2.96. The molecule has 22 heavy (non-hydrogen) atoms. The molecule has 1 aromatic heterocycles. The summed E-state index contributed by atoms with van der Waals surface area (Å²) >= 11 is 16.3. The van der Waals surface area contributed by atoms with Crippen LogP contribution in [-0.4, -0.2) is 4.98 Å². The second-order valence-corrected chi connectivity index (χ2v) is 6.49. The molecule has 3 aromatic rings. The van der Waals surface area contributed by atoms with Gasteiger partial charge in [0.15, 0.2) is 0 Å². The van der Waals surface area contributed by atoms with E-state index in [1.165, 1.54) is 0 Å². The molecule has 0 atom stereocenters. The standard InChI is InChI=1S/C17H9BrCl2N2/c18-12-5-6-15-13(8-12)16(19)14(17(20)22-15)7-10-1-3-11(9-21)4-2-10/h1-6,8H,7H2. The molecule has 3 rings (SSSR count). The van der Waals surface area contributed by atoms with E-state index < -0.39 is 0 Å². The van der Waals surface area contributed by atoms with Gasteiger partial charge in [-0.1, -0.05) is 51.3 Å². The summed E-state index contributed by atoms with van der Waals surface area (Å²) in [5, 5.41) is 10.7. The summed E-state index contributed by atoms with van der Waals surface area (Å²) in [4.78, 5) is 4.42. The Morgan fingerprint density at radius 1 is 1.09 bits per heavy atom. The molecule has 0 spiro atoms. The van der Waals surface area contributed by atoms with E-state index in [1.54, 1.807) is 12.1 Å². The molecule has 2 aromatic carbocycles. The van der Waals surface area contributed by atoms with Crippen LogP contribution in [0.3, 0.4) is 0 Å². The number of rotatable bonds is 2. The number of pyridine rings is 1. The molecule has 0 fully saturated rings. The summed E-state index contributed by atoms with van der Waals surface area (Å²) in [6.07, 6.45) is 0.568. The van der Waals surface area contributed by atoms with Gasteiger partial charge in [0, 0.05) is 21.8 Å². The quantitative estimate of drug-likeness (QED) is 0.520. The highest BCUT2D eigenvalue weighted by Crippen LogP contribution is 2.33. The monoisotopic (exact) mass is 390 g/mol. The third-order valence-corrected chi connectivity index (χ3v) is 4.63. The van der Waals surface area contributed by atoms with Gasteiger partial charge in [0.05, 0.1) is 22.2 Å². The van der Waals surface area contributed by atoms with Crippen molar-refractivity contribution in [3.05, 3.63) is 73.8 Å². The molecule has 0 bridgehead atoms. The van der Waals surface area contributed by atoms with Gasteiger partial charge >= 0.3 is 0 Å². The number of hydrogen-bond donors (Lipinski definition) is 0. The maximum atomic E-state index is 8.84. The van der Waals surface area contributed by atoms with Crippen molar-refractivity contribution < 1.29 is 0 Å². The van der Waals surface area contributed by atoms with E-state index in [0.717, 1.165) is 26.5 Å². The van der Waals surface area contributed by atoms with Crippen LogP contribution in [0.25, 0.3) is 10.9 Å². The zero-order valence-electron chi connectivity index (χ0n) is 11.3. The van der Waals surface area contributed by atoms with Gasteiger partial charge in [-0.3, -0.25) is 0 Å². The smallest absolute Gasteiger partial charge is 0.134 e. The van der Waals surface area contributed by atoms with Gasteiger partial charge in [0.25, 0.3) is 0 Å². The largest absolute Gasteiger partial charge is 0.236 e. The summed E-state index contributed by atoms with van der Waals surface area (Å²) in [5.74, 6) is 0. The summed E-state index contributed by atoms with van der Waals surface area (Å²) < 4.78 is 0.940. The molecule has 0 aliphatic carbocycles. The first kappa shape index (κ1) is 15.3. The minimum absolute atomic E-state index is 0.407. The van der Waals surface area contributed by atoms with E-state index in [4.69, 9.17) is 28.5 Å². The maximum absolute atomic E-state index is 8.84. The van der Waals surface area contributed by atoms with Crippen LogP contribution < -0.4 is 0 Å². The van der Waals surface area contributed by atoms with E-state index >= 15 is 0 Å². The Morgan fingerprint density at radius 2 is 1.82 bits per heavy atom. The Kier molecular flexibility index (Phi) is 4.35. The zero-order chi connectivity index (χ0) is 15.7. The number of aromatic nitrogens is 1. The van der Waals surface area contributed by atoms with Crippen LogP contribution in [0.2, 0.25) is 10.2 Å². The number of hydrogen-bond acceptors (Lipinski definition) is 2. The Balaban J connectivity index is 2.07. The van der Waals surface area contributed by atoms with E-state index in [2.05, 4.69) is 27.0 Å². The van der Waals surface area contributed by atoms with Crippen molar-refractivity contribution in [2.24, 2.45) is 0 Å². The van der Waals surface area contributed by atoms with Crippen molar-refractivity contribution in [2.45, 2.75) is 6.42 Å². The molecule has 0 N–H and O–H groups in total. The lowest BCUT2D eigenvalue weighted by molar-refractivity contribution is 1.16. The lowest BCUT2D eigenvalue weighted by atomic mass is 10.0. The average molecular weight is 392 g/mol. The van der Waals surface area contributed by atoms with Gasteiger partial charge in [0.2, 0.25) is 0 Å². The minimum atomic E-state index is 0.407. The van der Waals surface area contributed by atoms with Crippen LogP contribution in [0, 0.1) is 11.3 Å². The van der Waals surface area contributed by atoms with Crippen molar-refractivity contribution in [3.63, 3.8) is 0 Å². The van der Waals surface area contributed by atoms with Gasteiger partial charge in [-0.05, 0) is 35.9 Å². The van der Waals surface area contributed by atoms with Crippen LogP contribution in [0.15, 0.2) is 46.9 Å². The Hall–Kier alpha value is -1.60. The second-order valence-electron chi connectivity index (χ2n) is 4.84. The number of halogens is 3. The number of benzene rings is 2. The first-order valence-corrected chi connectivity index (χ1v) is 8.05. The fraction of sp³-hybridized carbons (Fsp3) is 0.0588. The first-order valence-electron chi connectivity index (χ1n) is 6.50. The molecule has 0 aliphatic rings. The summed E-state index contributed by atoms with van der Waals surface area (Å²) in [7, 11) is 0. The van der Waals surface area contributed by atoms with Crippen LogP contribution >= 0.6 is 39.1 Å². The summed E-state index contributed by atoms with van der Waals surface area (Å²) in [6, 6.07) is 15.2. The van der Waals surface area contributed by atoms with Gasteiger partial charge in [-0.15, -0.1) is 0 Å². The van der Waals surface area contributed by atoms with Crippen LogP contribution in [-0.2, 0) is 6.42 Å². The fourth-order valence-electron chi connectivity index (χ4n) is 2.26. The van der Waals surface area contributed by atoms with Crippen LogP contribution in [0.4, 0.5) is 0 Å². The van der Waals surface area contributed by atoms with E-state index in [-0.39, 0.29) is 0 Å². The van der Waals surface area contributed by atoms with Crippen molar-refractivity contribution in [2.75, 3.05) is 0 Å². The predicted molar refractivity (Wildman–Crippen MR) is 93.4 cm³/mol. The molecule has 0 unspecified atom stereocenters. The van der Waals surface area contributed by atoms with Crippen molar-refractivity contribution in [1.29, 1.82) is 5.26 Å². The Bertz CT molecular complexity index is 899. The molecule has 0 saturated carbocycles. The number of nitriles is 1. The van der Waals surface area contributed by atoms with E-state index in [0.29, 0.717) is 22.2 Å². The summed E-state index contributed by atoms with van der Waals surface area (Å²) in [5.41, 5.74) is 3.21. The van der Waals surface area contributed by atoms with E-state index in [1.807, 2.05) is 30.3 Å². The Labute approximate surface area is 146 Å². The molecule has 2 nitrogen and oxygen atoms in total. The molecule has 108 valence electrons. The summed E-state index contributed by atoms with van der Waals surface area (Å²) in [6.45, 7) is 0. The molecule has 0 saturated heterocycles. The highest BCUT2D eigenvalue weighted by Gasteiger charge is 2.13. The molecule has 0 radical (unpaired) electrons. The molecule has 0 aliphatic heterocycles. The zero-order valence-corrected chi connectivity index (χ0v) is 14.4.